The number of ether oxygens (including phenoxy) is 1. The molecule has 2 aromatic rings. The van der Waals surface area contributed by atoms with Gasteiger partial charge in [-0.15, -0.1) is 0 Å². The van der Waals surface area contributed by atoms with E-state index >= 15 is 0 Å². The van der Waals surface area contributed by atoms with Crippen molar-refractivity contribution in [1.82, 2.24) is 5.32 Å². The normalized spacial score (nSPS) is 14.1. The molecule has 1 heterocycles. The standard InChI is InChI=1S/C15H18FNO2/c1-10(17-11(2)15-5-4-8-19-15)13-7-6-12(18-3)9-14(13)16/h4-11,17H,1-3H3/t10?,11-/m0/s1. The van der Waals surface area contributed by atoms with E-state index < -0.39 is 0 Å². The van der Waals surface area contributed by atoms with Gasteiger partial charge in [-0.1, -0.05) is 6.07 Å². The van der Waals surface area contributed by atoms with Crippen LogP contribution in [0.4, 0.5) is 4.39 Å². The molecule has 0 amide bonds. The Morgan fingerprint density at radius 3 is 2.58 bits per heavy atom. The van der Waals surface area contributed by atoms with Crippen LogP contribution in [0.3, 0.4) is 0 Å². The average Bonchev–Trinajstić information content (AvgIpc) is 2.92. The molecule has 4 heteroatoms. The second-order valence-electron chi connectivity index (χ2n) is 4.51. The van der Waals surface area contributed by atoms with Crippen molar-refractivity contribution < 1.29 is 13.5 Å². The third kappa shape index (κ3) is 3.15. The fourth-order valence-corrected chi connectivity index (χ4v) is 2.07. The van der Waals surface area contributed by atoms with Crippen LogP contribution in [0, 0.1) is 5.82 Å². The van der Waals surface area contributed by atoms with Crippen molar-refractivity contribution in [3.63, 3.8) is 0 Å². The van der Waals surface area contributed by atoms with Gasteiger partial charge < -0.3 is 14.5 Å². The minimum absolute atomic E-state index is 0.0199. The third-order valence-electron chi connectivity index (χ3n) is 3.14. The molecule has 0 bridgehead atoms. The highest BCUT2D eigenvalue weighted by atomic mass is 19.1. The molecule has 1 aromatic carbocycles. The first-order valence-electron chi connectivity index (χ1n) is 6.24. The predicted molar refractivity (Wildman–Crippen MR) is 71.6 cm³/mol. The van der Waals surface area contributed by atoms with Crippen LogP contribution < -0.4 is 10.1 Å². The Kier molecular flexibility index (Phi) is 4.22. The number of nitrogens with one attached hydrogen (secondary N) is 1. The summed E-state index contributed by atoms with van der Waals surface area (Å²) < 4.78 is 24.3. The molecule has 1 N–H and O–H groups in total. The van der Waals surface area contributed by atoms with Gasteiger partial charge >= 0.3 is 0 Å². The topological polar surface area (TPSA) is 34.4 Å². The molecular weight excluding hydrogens is 245 g/mol. The smallest absolute Gasteiger partial charge is 0.131 e. The lowest BCUT2D eigenvalue weighted by molar-refractivity contribution is 0.393. The van der Waals surface area contributed by atoms with Crippen LogP contribution in [-0.2, 0) is 0 Å². The molecule has 0 spiro atoms. The van der Waals surface area contributed by atoms with Gasteiger partial charge in [-0.2, -0.15) is 0 Å². The van der Waals surface area contributed by atoms with Gasteiger partial charge in [0.15, 0.2) is 0 Å². The summed E-state index contributed by atoms with van der Waals surface area (Å²) in [6.45, 7) is 3.90. The molecule has 2 rings (SSSR count). The van der Waals surface area contributed by atoms with Gasteiger partial charge in [0, 0.05) is 17.7 Å². The van der Waals surface area contributed by atoms with E-state index in [4.69, 9.17) is 9.15 Å². The fraction of sp³-hybridized carbons (Fsp3) is 0.333. The van der Waals surface area contributed by atoms with Gasteiger partial charge in [0.25, 0.3) is 0 Å². The van der Waals surface area contributed by atoms with Crippen LogP contribution in [0.1, 0.15) is 37.3 Å². The molecule has 0 saturated carbocycles. The predicted octanol–water partition coefficient (Wildman–Crippen LogP) is 3.84. The number of methoxy groups -OCH3 is 1. The van der Waals surface area contributed by atoms with Crippen LogP contribution in [0.5, 0.6) is 5.75 Å². The van der Waals surface area contributed by atoms with Crippen LogP contribution in [-0.4, -0.2) is 7.11 Å². The number of halogens is 1. The summed E-state index contributed by atoms with van der Waals surface area (Å²) in [6.07, 6.45) is 1.63. The zero-order chi connectivity index (χ0) is 13.8. The maximum absolute atomic E-state index is 13.9. The zero-order valence-corrected chi connectivity index (χ0v) is 11.3. The van der Waals surface area contributed by atoms with Crippen molar-refractivity contribution in [2.45, 2.75) is 25.9 Å². The monoisotopic (exact) mass is 263 g/mol. The van der Waals surface area contributed by atoms with Crippen molar-refractivity contribution in [2.75, 3.05) is 7.11 Å². The highest BCUT2D eigenvalue weighted by Crippen LogP contribution is 2.24. The van der Waals surface area contributed by atoms with Crippen molar-refractivity contribution in [3.05, 3.63) is 53.7 Å². The van der Waals surface area contributed by atoms with Gasteiger partial charge in [-0.3, -0.25) is 0 Å². The summed E-state index contributed by atoms with van der Waals surface area (Å²) in [5.41, 5.74) is 0.610. The minimum atomic E-state index is -0.272. The summed E-state index contributed by atoms with van der Waals surface area (Å²) >= 11 is 0. The summed E-state index contributed by atoms with van der Waals surface area (Å²) in [5, 5.41) is 3.30. The molecule has 3 nitrogen and oxygen atoms in total. The summed E-state index contributed by atoms with van der Waals surface area (Å²) in [5.74, 6) is 1.08. The maximum atomic E-state index is 13.9. The van der Waals surface area contributed by atoms with E-state index in [0.29, 0.717) is 11.3 Å². The first-order valence-corrected chi connectivity index (χ1v) is 6.24. The highest BCUT2D eigenvalue weighted by Gasteiger charge is 2.16. The SMILES string of the molecule is COc1ccc(C(C)N[C@@H](C)c2ccco2)c(F)c1. The van der Waals surface area contributed by atoms with E-state index in [1.165, 1.54) is 13.2 Å². The van der Waals surface area contributed by atoms with Gasteiger partial charge in [0.2, 0.25) is 0 Å². The summed E-state index contributed by atoms with van der Waals surface area (Å²) in [4.78, 5) is 0. The quantitative estimate of drug-likeness (QED) is 0.890. The number of benzene rings is 1. The Hall–Kier alpha value is -1.81. The lowest BCUT2D eigenvalue weighted by Gasteiger charge is -2.19. The van der Waals surface area contributed by atoms with E-state index in [2.05, 4.69) is 5.32 Å². The Morgan fingerprint density at radius 1 is 1.21 bits per heavy atom. The van der Waals surface area contributed by atoms with E-state index in [9.17, 15) is 4.39 Å². The highest BCUT2D eigenvalue weighted by molar-refractivity contribution is 5.30. The Balaban J connectivity index is 2.09. The Labute approximate surface area is 112 Å². The van der Waals surface area contributed by atoms with E-state index in [1.54, 1.807) is 18.4 Å². The number of furan rings is 1. The van der Waals surface area contributed by atoms with Gasteiger partial charge in [-0.05, 0) is 32.0 Å². The molecule has 1 unspecified atom stereocenters. The molecular formula is C15H18FNO2. The molecule has 19 heavy (non-hydrogen) atoms. The Morgan fingerprint density at radius 2 is 2.00 bits per heavy atom. The molecule has 0 aliphatic heterocycles. The van der Waals surface area contributed by atoms with Gasteiger partial charge in [0.1, 0.15) is 17.3 Å². The molecule has 0 saturated heterocycles. The molecule has 1 aromatic heterocycles. The maximum Gasteiger partial charge on any atom is 0.131 e. The molecule has 0 radical (unpaired) electrons. The molecule has 0 fully saturated rings. The summed E-state index contributed by atoms with van der Waals surface area (Å²) in [7, 11) is 1.52. The molecule has 102 valence electrons. The lowest BCUT2D eigenvalue weighted by atomic mass is 10.1. The zero-order valence-electron chi connectivity index (χ0n) is 11.3. The summed E-state index contributed by atoms with van der Waals surface area (Å²) in [6, 6.07) is 8.53. The Bertz CT molecular complexity index is 525. The minimum Gasteiger partial charge on any atom is -0.497 e. The second-order valence-corrected chi connectivity index (χ2v) is 4.51. The average molecular weight is 263 g/mol. The van der Waals surface area contributed by atoms with E-state index in [0.717, 1.165) is 5.76 Å². The van der Waals surface area contributed by atoms with E-state index in [1.807, 2.05) is 26.0 Å². The van der Waals surface area contributed by atoms with Crippen LogP contribution >= 0.6 is 0 Å². The first kappa shape index (κ1) is 13.6. The molecule has 0 aliphatic rings. The first-order chi connectivity index (χ1) is 9.11. The van der Waals surface area contributed by atoms with Crippen molar-refractivity contribution in [3.8, 4) is 5.75 Å². The third-order valence-corrected chi connectivity index (χ3v) is 3.14. The van der Waals surface area contributed by atoms with Crippen molar-refractivity contribution >= 4 is 0 Å². The second kappa shape index (κ2) is 5.89. The van der Waals surface area contributed by atoms with Gasteiger partial charge in [-0.25, -0.2) is 4.39 Å². The number of hydrogen-bond donors (Lipinski definition) is 1. The van der Waals surface area contributed by atoms with Crippen LogP contribution in [0.25, 0.3) is 0 Å². The largest absolute Gasteiger partial charge is 0.497 e. The number of hydrogen-bond acceptors (Lipinski definition) is 3. The number of rotatable bonds is 5. The fourth-order valence-electron chi connectivity index (χ4n) is 2.07. The molecule has 0 aliphatic carbocycles. The van der Waals surface area contributed by atoms with Crippen molar-refractivity contribution in [2.24, 2.45) is 0 Å². The van der Waals surface area contributed by atoms with Crippen LogP contribution in [0.15, 0.2) is 41.0 Å². The van der Waals surface area contributed by atoms with Gasteiger partial charge in [0.05, 0.1) is 19.4 Å². The van der Waals surface area contributed by atoms with Crippen molar-refractivity contribution in [1.29, 1.82) is 0 Å². The van der Waals surface area contributed by atoms with Crippen LogP contribution in [0.2, 0.25) is 0 Å². The molecule has 2 atom stereocenters. The van der Waals surface area contributed by atoms with E-state index in [-0.39, 0.29) is 17.9 Å². The lowest BCUT2D eigenvalue weighted by Crippen LogP contribution is -2.22.